The molecule has 1 aliphatic heterocycles. The Hall–Kier alpha value is -2.52. The third-order valence-electron chi connectivity index (χ3n) is 5.13. The summed E-state index contributed by atoms with van der Waals surface area (Å²) in [5.74, 6) is 1.21. The molecule has 0 aliphatic carbocycles. The minimum atomic E-state index is -3.80. The summed E-state index contributed by atoms with van der Waals surface area (Å²) in [5.41, 5.74) is 0.301. The molecule has 1 aromatic carbocycles. The highest BCUT2D eigenvalue weighted by atomic mass is 32.2. The summed E-state index contributed by atoms with van der Waals surface area (Å²) < 4.78 is 29.7. The first-order chi connectivity index (χ1) is 13.3. The molecule has 1 atom stereocenters. The Morgan fingerprint density at radius 2 is 1.96 bits per heavy atom. The third kappa shape index (κ3) is 3.04. The van der Waals surface area contributed by atoms with Crippen molar-refractivity contribution in [3.8, 4) is 0 Å². The van der Waals surface area contributed by atoms with Gasteiger partial charge in [-0.2, -0.15) is 4.31 Å². The van der Waals surface area contributed by atoms with Crippen molar-refractivity contribution in [3.05, 3.63) is 52.5 Å². The Morgan fingerprint density at radius 3 is 2.68 bits per heavy atom. The molecule has 0 amide bonds. The van der Waals surface area contributed by atoms with Crippen LogP contribution in [0.15, 0.2) is 40.3 Å². The monoisotopic (exact) mass is 401 g/mol. The lowest BCUT2D eigenvalue weighted by molar-refractivity contribution is 0.382. The van der Waals surface area contributed by atoms with Gasteiger partial charge in [-0.05, 0) is 25.0 Å². The molecule has 1 fully saturated rings. The SMILES string of the molecule is CC(C)c1nc(S(=O)(=O)N2CCCC2c2nc3ccccc3c(=O)[nH]2)cn1C. The first-order valence-corrected chi connectivity index (χ1v) is 10.8. The molecule has 1 unspecified atom stereocenters. The number of para-hydroxylation sites is 1. The summed E-state index contributed by atoms with van der Waals surface area (Å²) in [6.07, 6.45) is 2.85. The van der Waals surface area contributed by atoms with Gasteiger partial charge in [0.15, 0.2) is 5.03 Å². The van der Waals surface area contributed by atoms with Crippen molar-refractivity contribution in [1.82, 2.24) is 23.8 Å². The maximum absolute atomic E-state index is 13.3. The van der Waals surface area contributed by atoms with Crippen molar-refractivity contribution in [2.24, 2.45) is 7.05 Å². The van der Waals surface area contributed by atoms with Crippen LogP contribution in [0.5, 0.6) is 0 Å². The molecule has 1 saturated heterocycles. The molecule has 28 heavy (non-hydrogen) atoms. The van der Waals surface area contributed by atoms with E-state index in [9.17, 15) is 13.2 Å². The molecule has 0 radical (unpaired) electrons. The summed E-state index contributed by atoms with van der Waals surface area (Å²) in [7, 11) is -2.00. The molecular weight excluding hydrogens is 378 g/mol. The second kappa shape index (κ2) is 6.82. The van der Waals surface area contributed by atoms with Crippen LogP contribution in [0.25, 0.3) is 10.9 Å². The number of sulfonamides is 1. The number of benzene rings is 1. The predicted octanol–water partition coefficient (Wildman–Crippen LogP) is 2.31. The smallest absolute Gasteiger partial charge is 0.262 e. The van der Waals surface area contributed by atoms with Crippen LogP contribution in [0.4, 0.5) is 0 Å². The van der Waals surface area contributed by atoms with Gasteiger partial charge in [0.25, 0.3) is 15.6 Å². The summed E-state index contributed by atoms with van der Waals surface area (Å²) in [6, 6.07) is 6.54. The average Bonchev–Trinajstić information content (AvgIpc) is 3.29. The molecule has 148 valence electrons. The van der Waals surface area contributed by atoms with Gasteiger partial charge < -0.3 is 9.55 Å². The quantitative estimate of drug-likeness (QED) is 0.723. The molecule has 2 aromatic heterocycles. The standard InChI is InChI=1S/C19H23N5O3S/c1-12(2)18-21-16(11-23(18)3)28(26,27)24-10-6-9-15(24)17-20-14-8-5-4-7-13(14)19(25)22-17/h4-5,7-8,11-12,15H,6,9-10H2,1-3H3,(H,20,22,25). The lowest BCUT2D eigenvalue weighted by atomic mass is 10.2. The van der Waals surface area contributed by atoms with E-state index >= 15 is 0 Å². The van der Waals surface area contributed by atoms with Crippen LogP contribution >= 0.6 is 0 Å². The predicted molar refractivity (Wildman–Crippen MR) is 106 cm³/mol. The van der Waals surface area contributed by atoms with Gasteiger partial charge in [-0.3, -0.25) is 4.79 Å². The molecule has 8 nitrogen and oxygen atoms in total. The van der Waals surface area contributed by atoms with Crippen molar-refractivity contribution in [1.29, 1.82) is 0 Å². The fourth-order valence-electron chi connectivity index (χ4n) is 3.80. The molecule has 0 saturated carbocycles. The topological polar surface area (TPSA) is 101 Å². The van der Waals surface area contributed by atoms with E-state index in [1.165, 1.54) is 4.31 Å². The van der Waals surface area contributed by atoms with Gasteiger partial charge in [0.1, 0.15) is 11.6 Å². The fourth-order valence-corrected chi connectivity index (χ4v) is 5.45. The Labute approximate surface area is 163 Å². The molecule has 3 aromatic rings. The van der Waals surface area contributed by atoms with Crippen molar-refractivity contribution in [2.75, 3.05) is 6.54 Å². The van der Waals surface area contributed by atoms with Crippen LogP contribution in [0.2, 0.25) is 0 Å². The zero-order valence-corrected chi connectivity index (χ0v) is 16.9. The van der Waals surface area contributed by atoms with E-state index < -0.39 is 16.1 Å². The molecular formula is C19H23N5O3S. The molecule has 0 spiro atoms. The van der Waals surface area contributed by atoms with Gasteiger partial charge >= 0.3 is 0 Å². The normalized spacial score (nSPS) is 18.4. The zero-order chi connectivity index (χ0) is 20.1. The van der Waals surface area contributed by atoms with Crippen molar-refractivity contribution < 1.29 is 8.42 Å². The number of aromatic amines is 1. The molecule has 0 bridgehead atoms. The molecule has 1 aliphatic rings. The Morgan fingerprint density at radius 1 is 1.21 bits per heavy atom. The number of imidazole rings is 1. The van der Waals surface area contributed by atoms with Gasteiger partial charge in [0.2, 0.25) is 0 Å². The van der Waals surface area contributed by atoms with Gasteiger partial charge in [-0.15, -0.1) is 0 Å². The van der Waals surface area contributed by atoms with Crippen LogP contribution in [0.3, 0.4) is 0 Å². The van der Waals surface area contributed by atoms with Gasteiger partial charge in [0.05, 0.1) is 16.9 Å². The highest BCUT2D eigenvalue weighted by Gasteiger charge is 2.39. The van der Waals surface area contributed by atoms with Gasteiger partial charge in [0, 0.05) is 25.7 Å². The van der Waals surface area contributed by atoms with Crippen LogP contribution < -0.4 is 5.56 Å². The number of hydrogen-bond acceptors (Lipinski definition) is 5. The molecule has 4 rings (SSSR count). The lowest BCUT2D eigenvalue weighted by Gasteiger charge is -2.22. The first kappa shape index (κ1) is 18.8. The number of rotatable bonds is 4. The highest BCUT2D eigenvalue weighted by Crippen LogP contribution is 2.35. The third-order valence-corrected chi connectivity index (χ3v) is 6.91. The summed E-state index contributed by atoms with van der Waals surface area (Å²) in [4.78, 5) is 24.1. The van der Waals surface area contributed by atoms with Crippen molar-refractivity contribution in [3.63, 3.8) is 0 Å². The first-order valence-electron chi connectivity index (χ1n) is 9.33. The van der Waals surface area contributed by atoms with E-state index in [0.29, 0.717) is 41.9 Å². The van der Waals surface area contributed by atoms with Crippen LogP contribution in [0.1, 0.15) is 50.3 Å². The average molecular weight is 401 g/mol. The Kier molecular flexibility index (Phi) is 4.59. The number of nitrogens with zero attached hydrogens (tertiary/aromatic N) is 4. The number of aryl methyl sites for hydroxylation is 1. The number of aromatic nitrogens is 4. The second-order valence-electron chi connectivity index (χ2n) is 7.45. The Bertz CT molecular complexity index is 1200. The summed E-state index contributed by atoms with van der Waals surface area (Å²) in [5, 5.41) is 0.527. The maximum atomic E-state index is 13.3. The van der Waals surface area contributed by atoms with Gasteiger partial charge in [-0.1, -0.05) is 26.0 Å². The van der Waals surface area contributed by atoms with E-state index in [1.807, 2.05) is 19.9 Å². The van der Waals surface area contributed by atoms with E-state index in [2.05, 4.69) is 15.0 Å². The van der Waals surface area contributed by atoms with E-state index in [1.54, 1.807) is 36.0 Å². The largest absolute Gasteiger partial charge is 0.336 e. The number of hydrogen-bond donors (Lipinski definition) is 1. The molecule has 1 N–H and O–H groups in total. The number of nitrogens with one attached hydrogen (secondary N) is 1. The number of H-pyrrole nitrogens is 1. The lowest BCUT2D eigenvalue weighted by Crippen LogP contribution is -2.32. The van der Waals surface area contributed by atoms with Gasteiger partial charge in [-0.25, -0.2) is 18.4 Å². The van der Waals surface area contributed by atoms with E-state index in [-0.39, 0.29) is 16.5 Å². The zero-order valence-electron chi connectivity index (χ0n) is 16.1. The summed E-state index contributed by atoms with van der Waals surface area (Å²) in [6.45, 7) is 4.32. The van der Waals surface area contributed by atoms with Crippen molar-refractivity contribution >= 4 is 20.9 Å². The molecule has 3 heterocycles. The van der Waals surface area contributed by atoms with Crippen LogP contribution in [-0.2, 0) is 17.1 Å². The number of fused-ring (bicyclic) bond motifs is 1. The van der Waals surface area contributed by atoms with Crippen LogP contribution in [-0.4, -0.2) is 38.8 Å². The maximum Gasteiger partial charge on any atom is 0.262 e. The second-order valence-corrected chi connectivity index (χ2v) is 9.28. The van der Waals surface area contributed by atoms with E-state index in [4.69, 9.17) is 0 Å². The fraction of sp³-hybridized carbons (Fsp3) is 0.421. The molecule has 9 heteroatoms. The van der Waals surface area contributed by atoms with E-state index in [0.717, 1.165) is 0 Å². The Balaban J connectivity index is 1.76. The highest BCUT2D eigenvalue weighted by molar-refractivity contribution is 7.89. The minimum absolute atomic E-state index is 0.0359. The van der Waals surface area contributed by atoms with Crippen LogP contribution in [0, 0.1) is 0 Å². The van der Waals surface area contributed by atoms with Crippen molar-refractivity contribution in [2.45, 2.75) is 43.7 Å². The minimum Gasteiger partial charge on any atom is -0.336 e. The summed E-state index contributed by atoms with van der Waals surface area (Å²) >= 11 is 0.